The summed E-state index contributed by atoms with van der Waals surface area (Å²) in [7, 11) is 0. The maximum absolute atomic E-state index is 5.21. The lowest BCUT2D eigenvalue weighted by Crippen LogP contribution is -2.22. The van der Waals surface area contributed by atoms with Crippen LogP contribution in [0.25, 0.3) is 0 Å². The van der Waals surface area contributed by atoms with Crippen molar-refractivity contribution in [2.45, 2.75) is 26.7 Å². The maximum atomic E-state index is 5.21. The van der Waals surface area contributed by atoms with E-state index >= 15 is 0 Å². The number of thioether (sulfide) groups is 1. The lowest BCUT2D eigenvalue weighted by molar-refractivity contribution is 0.150. The Balaban J connectivity index is 2.76. The van der Waals surface area contributed by atoms with Crippen molar-refractivity contribution < 1.29 is 4.74 Å². The lowest BCUT2D eigenvalue weighted by atomic mass is 10.4. The van der Waals surface area contributed by atoms with E-state index in [0.717, 1.165) is 26.3 Å². The number of ether oxygens (including phenoxy) is 1. The van der Waals surface area contributed by atoms with Crippen LogP contribution in [-0.2, 0) is 4.74 Å². The fourth-order valence-electron chi connectivity index (χ4n) is 0.906. The Labute approximate surface area is 86.8 Å². The highest BCUT2D eigenvalue weighted by Gasteiger charge is 1.89. The molecular weight excluding hydrogens is 182 g/mol. The zero-order valence-electron chi connectivity index (χ0n) is 8.97. The molecule has 13 heavy (non-hydrogen) atoms. The molecule has 0 bridgehead atoms. The Hall–Kier alpha value is 0.270. The first-order valence-corrected chi connectivity index (χ1v) is 6.43. The topological polar surface area (TPSA) is 21.3 Å². The van der Waals surface area contributed by atoms with Gasteiger partial charge >= 0.3 is 0 Å². The highest BCUT2D eigenvalue weighted by atomic mass is 32.2. The summed E-state index contributed by atoms with van der Waals surface area (Å²) in [6, 6.07) is 0. The van der Waals surface area contributed by atoms with Crippen molar-refractivity contribution in [3.63, 3.8) is 0 Å². The molecule has 0 aliphatic rings. The summed E-state index contributed by atoms with van der Waals surface area (Å²) in [5.41, 5.74) is 0. The monoisotopic (exact) mass is 205 g/mol. The molecule has 0 fully saturated rings. The summed E-state index contributed by atoms with van der Waals surface area (Å²) < 4.78 is 5.21. The van der Waals surface area contributed by atoms with Gasteiger partial charge in [-0.1, -0.05) is 13.3 Å². The van der Waals surface area contributed by atoms with Crippen molar-refractivity contribution in [3.05, 3.63) is 0 Å². The van der Waals surface area contributed by atoms with Gasteiger partial charge in [-0.15, -0.1) is 0 Å². The van der Waals surface area contributed by atoms with E-state index in [1.807, 2.05) is 18.7 Å². The Morgan fingerprint density at radius 3 is 2.69 bits per heavy atom. The van der Waals surface area contributed by atoms with Gasteiger partial charge in [-0.2, -0.15) is 11.8 Å². The van der Waals surface area contributed by atoms with E-state index in [0.29, 0.717) is 0 Å². The molecule has 0 amide bonds. The third-order valence-electron chi connectivity index (χ3n) is 1.69. The van der Waals surface area contributed by atoms with E-state index in [-0.39, 0.29) is 0 Å². The minimum Gasteiger partial charge on any atom is -0.380 e. The fraction of sp³-hybridized carbons (Fsp3) is 1.00. The summed E-state index contributed by atoms with van der Waals surface area (Å²) in [5.74, 6) is 2.54. The van der Waals surface area contributed by atoms with Gasteiger partial charge in [0.05, 0.1) is 6.61 Å². The van der Waals surface area contributed by atoms with Crippen LogP contribution in [0.2, 0.25) is 0 Å². The molecule has 0 radical (unpaired) electrons. The first-order valence-electron chi connectivity index (χ1n) is 5.28. The van der Waals surface area contributed by atoms with E-state index in [9.17, 15) is 0 Å². The van der Waals surface area contributed by atoms with Crippen molar-refractivity contribution in [2.24, 2.45) is 0 Å². The van der Waals surface area contributed by atoms with Gasteiger partial charge in [0.1, 0.15) is 0 Å². The number of hydrogen-bond donors (Lipinski definition) is 1. The summed E-state index contributed by atoms with van der Waals surface area (Å²) in [6.07, 6.45) is 2.66. The molecule has 0 aromatic heterocycles. The number of hydrogen-bond acceptors (Lipinski definition) is 3. The molecule has 0 aromatic rings. The number of unbranched alkanes of at least 4 members (excludes halogenated alkanes) is 1. The predicted octanol–water partition coefficient (Wildman–Crippen LogP) is 2.15. The van der Waals surface area contributed by atoms with Crippen LogP contribution in [0.4, 0.5) is 0 Å². The van der Waals surface area contributed by atoms with Crippen LogP contribution in [0.3, 0.4) is 0 Å². The fourth-order valence-corrected chi connectivity index (χ4v) is 1.89. The van der Waals surface area contributed by atoms with Gasteiger partial charge in [0.2, 0.25) is 0 Å². The zero-order chi connectivity index (χ0) is 9.78. The molecule has 0 spiro atoms. The normalized spacial score (nSPS) is 10.6. The van der Waals surface area contributed by atoms with E-state index < -0.39 is 0 Å². The molecule has 0 aliphatic heterocycles. The second kappa shape index (κ2) is 12.3. The van der Waals surface area contributed by atoms with Gasteiger partial charge < -0.3 is 10.1 Å². The highest BCUT2D eigenvalue weighted by Crippen LogP contribution is 2.02. The highest BCUT2D eigenvalue weighted by molar-refractivity contribution is 7.99. The minimum atomic E-state index is 0.826. The number of rotatable bonds is 10. The number of nitrogens with one attached hydrogen (secondary N) is 1. The van der Waals surface area contributed by atoms with Gasteiger partial charge in [0, 0.05) is 25.4 Å². The third-order valence-corrected chi connectivity index (χ3v) is 2.76. The van der Waals surface area contributed by atoms with Crippen LogP contribution < -0.4 is 5.32 Å². The van der Waals surface area contributed by atoms with Crippen molar-refractivity contribution >= 4 is 11.8 Å². The predicted molar refractivity (Wildman–Crippen MR) is 61.6 cm³/mol. The van der Waals surface area contributed by atoms with Crippen molar-refractivity contribution in [2.75, 3.05) is 37.8 Å². The molecule has 0 saturated heterocycles. The summed E-state index contributed by atoms with van der Waals surface area (Å²) in [5, 5.41) is 3.35. The van der Waals surface area contributed by atoms with E-state index in [2.05, 4.69) is 12.2 Å². The molecule has 0 heterocycles. The van der Waals surface area contributed by atoms with E-state index in [1.165, 1.54) is 24.3 Å². The van der Waals surface area contributed by atoms with Crippen LogP contribution >= 0.6 is 11.8 Å². The molecule has 0 unspecified atom stereocenters. The lowest BCUT2D eigenvalue weighted by Gasteiger charge is -2.04. The van der Waals surface area contributed by atoms with Crippen molar-refractivity contribution in [1.29, 1.82) is 0 Å². The molecule has 0 aromatic carbocycles. The average molecular weight is 205 g/mol. The Morgan fingerprint density at radius 2 is 2.00 bits per heavy atom. The molecule has 0 atom stereocenters. The summed E-state index contributed by atoms with van der Waals surface area (Å²) in [4.78, 5) is 0. The van der Waals surface area contributed by atoms with Gasteiger partial charge in [-0.25, -0.2) is 0 Å². The second-order valence-corrected chi connectivity index (χ2v) is 4.14. The SMILES string of the molecule is CCCCSCCNCCOCC. The van der Waals surface area contributed by atoms with Crippen LogP contribution in [-0.4, -0.2) is 37.8 Å². The Kier molecular flexibility index (Phi) is 12.5. The summed E-state index contributed by atoms with van der Waals surface area (Å²) in [6.45, 7) is 8.04. The van der Waals surface area contributed by atoms with E-state index in [1.54, 1.807) is 0 Å². The van der Waals surface area contributed by atoms with Crippen molar-refractivity contribution in [1.82, 2.24) is 5.32 Å². The Morgan fingerprint density at radius 1 is 1.15 bits per heavy atom. The summed E-state index contributed by atoms with van der Waals surface area (Å²) >= 11 is 2.04. The van der Waals surface area contributed by atoms with Gasteiger partial charge in [0.25, 0.3) is 0 Å². The maximum Gasteiger partial charge on any atom is 0.0590 e. The zero-order valence-corrected chi connectivity index (χ0v) is 9.79. The van der Waals surface area contributed by atoms with Crippen LogP contribution in [0.1, 0.15) is 26.7 Å². The molecular formula is C10H23NOS. The quantitative estimate of drug-likeness (QED) is 0.552. The molecule has 80 valence electrons. The van der Waals surface area contributed by atoms with Gasteiger partial charge in [-0.3, -0.25) is 0 Å². The second-order valence-electron chi connectivity index (χ2n) is 2.91. The minimum absolute atomic E-state index is 0.826. The molecule has 2 nitrogen and oxygen atoms in total. The molecule has 1 N–H and O–H groups in total. The smallest absolute Gasteiger partial charge is 0.0590 e. The molecule has 0 saturated carbocycles. The average Bonchev–Trinajstić information content (AvgIpc) is 2.16. The van der Waals surface area contributed by atoms with Crippen LogP contribution in [0, 0.1) is 0 Å². The van der Waals surface area contributed by atoms with Gasteiger partial charge in [-0.05, 0) is 19.1 Å². The molecule has 0 rings (SSSR count). The third kappa shape index (κ3) is 12.3. The van der Waals surface area contributed by atoms with Crippen molar-refractivity contribution in [3.8, 4) is 0 Å². The van der Waals surface area contributed by atoms with Crippen LogP contribution in [0.15, 0.2) is 0 Å². The molecule has 3 heteroatoms. The first-order chi connectivity index (χ1) is 6.41. The first kappa shape index (κ1) is 13.3. The van der Waals surface area contributed by atoms with Gasteiger partial charge in [0.15, 0.2) is 0 Å². The largest absolute Gasteiger partial charge is 0.380 e. The Bertz CT molecular complexity index is 81.0. The standard InChI is InChI=1S/C10H23NOS/c1-3-5-9-13-10-7-11-6-8-12-4-2/h11H,3-10H2,1-2H3. The van der Waals surface area contributed by atoms with Crippen LogP contribution in [0.5, 0.6) is 0 Å². The molecule has 0 aliphatic carbocycles. The van der Waals surface area contributed by atoms with E-state index in [4.69, 9.17) is 4.74 Å².